The summed E-state index contributed by atoms with van der Waals surface area (Å²) in [5, 5.41) is 13.4. The van der Waals surface area contributed by atoms with Gasteiger partial charge in [0.15, 0.2) is 4.34 Å². The lowest BCUT2D eigenvalue weighted by atomic mass is 10.2. The molecule has 0 spiro atoms. The van der Waals surface area contributed by atoms with E-state index < -0.39 is 0 Å². The molecule has 0 bridgehead atoms. The molecule has 0 unspecified atom stereocenters. The van der Waals surface area contributed by atoms with Crippen molar-refractivity contribution in [2.45, 2.75) is 4.34 Å². The second-order valence-corrected chi connectivity index (χ2v) is 7.11. The van der Waals surface area contributed by atoms with Gasteiger partial charge in [0.2, 0.25) is 5.91 Å². The van der Waals surface area contributed by atoms with Crippen molar-refractivity contribution in [2.75, 3.05) is 11.1 Å². The standard InChI is InChI=1S/C18H12FN3OS2/c19-14-5-3-13(4-6-14)16-10-24-18(22-16)25-11-17(23)21-15-7-1-12(9-20)2-8-15/h1-8,10H,11H2,(H,21,23). The molecular weight excluding hydrogens is 357 g/mol. The van der Waals surface area contributed by atoms with Gasteiger partial charge in [-0.1, -0.05) is 11.8 Å². The molecule has 0 radical (unpaired) electrons. The zero-order valence-electron chi connectivity index (χ0n) is 12.9. The zero-order chi connectivity index (χ0) is 17.6. The fourth-order valence-electron chi connectivity index (χ4n) is 2.03. The van der Waals surface area contributed by atoms with Gasteiger partial charge in [0, 0.05) is 16.6 Å². The summed E-state index contributed by atoms with van der Waals surface area (Å²) in [5.74, 6) is -0.197. The van der Waals surface area contributed by atoms with Gasteiger partial charge in [-0.2, -0.15) is 5.26 Å². The number of rotatable bonds is 5. The van der Waals surface area contributed by atoms with Gasteiger partial charge >= 0.3 is 0 Å². The number of carbonyl (C=O) groups is 1. The Kier molecular flexibility index (Phi) is 5.43. The molecule has 0 saturated heterocycles. The lowest BCUT2D eigenvalue weighted by molar-refractivity contribution is -0.113. The first-order chi connectivity index (χ1) is 12.1. The number of thiazole rings is 1. The van der Waals surface area contributed by atoms with Crippen molar-refractivity contribution in [1.29, 1.82) is 5.26 Å². The molecular formula is C18H12FN3OS2. The fourth-order valence-corrected chi connectivity index (χ4v) is 3.66. The molecule has 0 aliphatic heterocycles. The van der Waals surface area contributed by atoms with Gasteiger partial charge in [0.1, 0.15) is 5.82 Å². The van der Waals surface area contributed by atoms with E-state index in [1.54, 1.807) is 36.4 Å². The van der Waals surface area contributed by atoms with E-state index in [0.717, 1.165) is 15.6 Å². The summed E-state index contributed by atoms with van der Waals surface area (Å²) in [6, 6.07) is 14.9. The third-order valence-corrected chi connectivity index (χ3v) is 5.27. The van der Waals surface area contributed by atoms with Crippen molar-refractivity contribution in [1.82, 2.24) is 4.98 Å². The van der Waals surface area contributed by atoms with Crippen molar-refractivity contribution in [3.8, 4) is 17.3 Å². The Balaban J connectivity index is 1.55. The van der Waals surface area contributed by atoms with Gasteiger partial charge in [-0.05, 0) is 48.5 Å². The van der Waals surface area contributed by atoms with Gasteiger partial charge in [-0.3, -0.25) is 4.79 Å². The predicted molar refractivity (Wildman–Crippen MR) is 98.0 cm³/mol. The highest BCUT2D eigenvalue weighted by atomic mass is 32.2. The number of nitriles is 1. The number of aromatic nitrogens is 1. The van der Waals surface area contributed by atoms with Gasteiger partial charge in [-0.25, -0.2) is 9.37 Å². The molecule has 1 amide bonds. The van der Waals surface area contributed by atoms with Crippen LogP contribution >= 0.6 is 23.1 Å². The molecule has 3 aromatic rings. The summed E-state index contributed by atoms with van der Waals surface area (Å²) in [7, 11) is 0. The van der Waals surface area contributed by atoms with Crippen molar-refractivity contribution in [3.05, 3.63) is 65.3 Å². The summed E-state index contributed by atoms with van der Waals surface area (Å²) in [4.78, 5) is 16.4. The van der Waals surface area contributed by atoms with E-state index in [0.29, 0.717) is 11.3 Å². The number of hydrogen-bond acceptors (Lipinski definition) is 5. The van der Waals surface area contributed by atoms with Crippen LogP contribution in [0.3, 0.4) is 0 Å². The van der Waals surface area contributed by atoms with Crippen LogP contribution in [0, 0.1) is 17.1 Å². The average molecular weight is 369 g/mol. The normalized spacial score (nSPS) is 10.2. The number of hydrogen-bond donors (Lipinski definition) is 1. The molecule has 2 aromatic carbocycles. The first kappa shape index (κ1) is 17.1. The van der Waals surface area contributed by atoms with E-state index in [1.807, 2.05) is 11.4 Å². The average Bonchev–Trinajstić information content (AvgIpc) is 3.10. The number of nitrogens with zero attached hydrogens (tertiary/aromatic N) is 2. The minimum Gasteiger partial charge on any atom is -0.325 e. The molecule has 1 N–H and O–H groups in total. The fraction of sp³-hybridized carbons (Fsp3) is 0.0556. The monoisotopic (exact) mass is 369 g/mol. The molecule has 4 nitrogen and oxygen atoms in total. The van der Waals surface area contributed by atoms with Crippen LogP contribution < -0.4 is 5.32 Å². The zero-order valence-corrected chi connectivity index (χ0v) is 14.5. The van der Waals surface area contributed by atoms with Crippen molar-refractivity contribution in [3.63, 3.8) is 0 Å². The van der Waals surface area contributed by atoms with E-state index in [-0.39, 0.29) is 17.5 Å². The highest BCUT2D eigenvalue weighted by Gasteiger charge is 2.09. The first-order valence-electron chi connectivity index (χ1n) is 7.28. The highest BCUT2D eigenvalue weighted by Crippen LogP contribution is 2.28. The number of amides is 1. The Morgan fingerprint density at radius 1 is 1.20 bits per heavy atom. The van der Waals surface area contributed by atoms with Gasteiger partial charge in [0.05, 0.1) is 23.1 Å². The number of anilines is 1. The molecule has 1 heterocycles. The minimum absolute atomic E-state index is 0.145. The molecule has 0 aliphatic carbocycles. The smallest absolute Gasteiger partial charge is 0.234 e. The maximum absolute atomic E-state index is 13.0. The number of thioether (sulfide) groups is 1. The Bertz CT molecular complexity index is 915. The lowest BCUT2D eigenvalue weighted by Crippen LogP contribution is -2.13. The maximum atomic E-state index is 13.0. The van der Waals surface area contributed by atoms with E-state index in [4.69, 9.17) is 5.26 Å². The molecule has 7 heteroatoms. The number of carbonyl (C=O) groups excluding carboxylic acids is 1. The topological polar surface area (TPSA) is 65.8 Å². The van der Waals surface area contributed by atoms with Gasteiger partial charge < -0.3 is 5.32 Å². The van der Waals surface area contributed by atoms with Crippen LogP contribution in [0.5, 0.6) is 0 Å². The Morgan fingerprint density at radius 3 is 2.60 bits per heavy atom. The summed E-state index contributed by atoms with van der Waals surface area (Å²) in [6.07, 6.45) is 0. The first-order valence-corrected chi connectivity index (χ1v) is 9.15. The lowest BCUT2D eigenvalue weighted by Gasteiger charge is -2.04. The Hall–Kier alpha value is -2.69. The van der Waals surface area contributed by atoms with Crippen LogP contribution in [-0.4, -0.2) is 16.6 Å². The largest absolute Gasteiger partial charge is 0.325 e. The maximum Gasteiger partial charge on any atom is 0.234 e. The third kappa shape index (κ3) is 4.66. The van der Waals surface area contributed by atoms with Crippen LogP contribution in [0.2, 0.25) is 0 Å². The van der Waals surface area contributed by atoms with Crippen molar-refractivity contribution >= 4 is 34.7 Å². The van der Waals surface area contributed by atoms with Crippen LogP contribution in [0.25, 0.3) is 11.3 Å². The van der Waals surface area contributed by atoms with Crippen LogP contribution in [-0.2, 0) is 4.79 Å². The second-order valence-electron chi connectivity index (χ2n) is 5.03. The van der Waals surface area contributed by atoms with E-state index in [1.165, 1.54) is 35.2 Å². The van der Waals surface area contributed by atoms with Crippen LogP contribution in [0.4, 0.5) is 10.1 Å². The van der Waals surface area contributed by atoms with E-state index >= 15 is 0 Å². The highest BCUT2D eigenvalue weighted by molar-refractivity contribution is 8.01. The van der Waals surface area contributed by atoms with Gasteiger partial charge in [0.25, 0.3) is 0 Å². The van der Waals surface area contributed by atoms with E-state index in [9.17, 15) is 9.18 Å². The summed E-state index contributed by atoms with van der Waals surface area (Å²) in [6.45, 7) is 0. The van der Waals surface area contributed by atoms with E-state index in [2.05, 4.69) is 10.3 Å². The summed E-state index contributed by atoms with van der Waals surface area (Å²) < 4.78 is 13.7. The predicted octanol–water partition coefficient (Wildman–Crippen LogP) is 4.55. The molecule has 0 aliphatic rings. The Labute approximate surface area is 152 Å². The minimum atomic E-state index is -0.284. The van der Waals surface area contributed by atoms with Crippen LogP contribution in [0.15, 0.2) is 58.3 Å². The Morgan fingerprint density at radius 2 is 1.92 bits per heavy atom. The van der Waals surface area contributed by atoms with Gasteiger partial charge in [-0.15, -0.1) is 11.3 Å². The number of benzene rings is 2. The summed E-state index contributed by atoms with van der Waals surface area (Å²) in [5.41, 5.74) is 2.80. The molecule has 0 atom stereocenters. The molecule has 25 heavy (non-hydrogen) atoms. The number of nitrogens with one attached hydrogen (secondary N) is 1. The van der Waals surface area contributed by atoms with Crippen LogP contribution in [0.1, 0.15) is 5.56 Å². The molecule has 0 fully saturated rings. The third-order valence-electron chi connectivity index (χ3n) is 3.25. The second kappa shape index (κ2) is 7.92. The molecule has 3 rings (SSSR count). The quantitative estimate of drug-likeness (QED) is 0.670. The molecule has 1 aromatic heterocycles. The number of halogens is 1. The molecule has 0 saturated carbocycles. The van der Waals surface area contributed by atoms with Crippen molar-refractivity contribution in [2.24, 2.45) is 0 Å². The molecule has 124 valence electrons. The SMILES string of the molecule is N#Cc1ccc(NC(=O)CSc2nc(-c3ccc(F)cc3)cs2)cc1. The summed E-state index contributed by atoms with van der Waals surface area (Å²) >= 11 is 2.79. The van der Waals surface area contributed by atoms with Crippen molar-refractivity contribution < 1.29 is 9.18 Å².